The van der Waals surface area contributed by atoms with E-state index < -0.39 is 0 Å². The van der Waals surface area contributed by atoms with Crippen LogP contribution < -0.4 is 5.73 Å². The van der Waals surface area contributed by atoms with Crippen LogP contribution in [0.1, 0.15) is 0 Å². The van der Waals surface area contributed by atoms with Crippen LogP contribution in [0.2, 0.25) is 0 Å². The SMILES string of the molecule is Nc1cc(-c2cc3ccc(F)cc3s2)[nH]n1. The fourth-order valence-corrected chi connectivity index (χ4v) is 2.65. The van der Waals surface area contributed by atoms with Crippen molar-refractivity contribution in [2.75, 3.05) is 5.73 Å². The van der Waals surface area contributed by atoms with Crippen LogP contribution in [-0.2, 0) is 0 Å². The molecule has 0 spiro atoms. The van der Waals surface area contributed by atoms with Crippen molar-refractivity contribution in [3.8, 4) is 10.6 Å². The van der Waals surface area contributed by atoms with Crippen molar-refractivity contribution in [1.29, 1.82) is 0 Å². The largest absolute Gasteiger partial charge is 0.382 e. The van der Waals surface area contributed by atoms with Crippen molar-refractivity contribution in [2.45, 2.75) is 0 Å². The highest BCUT2D eigenvalue weighted by Gasteiger charge is 2.07. The van der Waals surface area contributed by atoms with Crippen LogP contribution in [0.5, 0.6) is 0 Å². The molecule has 3 rings (SSSR count). The van der Waals surface area contributed by atoms with Crippen molar-refractivity contribution in [1.82, 2.24) is 10.2 Å². The molecule has 2 aromatic heterocycles. The van der Waals surface area contributed by atoms with Gasteiger partial charge in [0, 0.05) is 10.8 Å². The average Bonchev–Trinajstić information content (AvgIpc) is 2.83. The highest BCUT2D eigenvalue weighted by atomic mass is 32.1. The smallest absolute Gasteiger partial charge is 0.145 e. The summed E-state index contributed by atoms with van der Waals surface area (Å²) in [7, 11) is 0. The zero-order chi connectivity index (χ0) is 11.1. The normalized spacial score (nSPS) is 11.1. The van der Waals surface area contributed by atoms with Crippen LogP contribution in [0, 0.1) is 5.82 Å². The van der Waals surface area contributed by atoms with Gasteiger partial charge in [-0.1, -0.05) is 6.07 Å². The first-order valence-electron chi connectivity index (χ1n) is 4.73. The topological polar surface area (TPSA) is 54.7 Å². The maximum Gasteiger partial charge on any atom is 0.145 e. The molecule has 0 fully saturated rings. The van der Waals surface area contributed by atoms with Gasteiger partial charge >= 0.3 is 0 Å². The number of rotatable bonds is 1. The molecule has 3 N–H and O–H groups in total. The summed E-state index contributed by atoms with van der Waals surface area (Å²) in [6, 6.07) is 8.52. The second-order valence-electron chi connectivity index (χ2n) is 3.50. The van der Waals surface area contributed by atoms with Gasteiger partial charge in [-0.15, -0.1) is 11.3 Å². The van der Waals surface area contributed by atoms with Gasteiger partial charge in [0.1, 0.15) is 11.6 Å². The maximum absolute atomic E-state index is 13.0. The Labute approximate surface area is 94.7 Å². The summed E-state index contributed by atoms with van der Waals surface area (Å²) in [5, 5.41) is 7.73. The predicted molar refractivity (Wildman–Crippen MR) is 63.8 cm³/mol. The third-order valence-electron chi connectivity index (χ3n) is 2.35. The molecular formula is C11H8FN3S. The van der Waals surface area contributed by atoms with Crippen molar-refractivity contribution in [3.05, 3.63) is 36.1 Å². The van der Waals surface area contributed by atoms with Gasteiger partial charge in [0.25, 0.3) is 0 Å². The molecule has 0 amide bonds. The summed E-state index contributed by atoms with van der Waals surface area (Å²) in [5.41, 5.74) is 6.40. The van der Waals surface area contributed by atoms with Gasteiger partial charge in [0.2, 0.25) is 0 Å². The van der Waals surface area contributed by atoms with Crippen LogP contribution in [0.4, 0.5) is 10.2 Å². The van der Waals surface area contributed by atoms with E-state index in [1.807, 2.05) is 6.07 Å². The van der Waals surface area contributed by atoms with Crippen LogP contribution in [0.25, 0.3) is 20.7 Å². The van der Waals surface area contributed by atoms with E-state index in [1.165, 1.54) is 23.5 Å². The number of fused-ring (bicyclic) bond motifs is 1. The minimum absolute atomic E-state index is 0.218. The lowest BCUT2D eigenvalue weighted by molar-refractivity contribution is 0.630. The number of halogens is 1. The number of hydrogen-bond acceptors (Lipinski definition) is 3. The number of nitrogens with zero attached hydrogens (tertiary/aromatic N) is 1. The number of nitrogen functional groups attached to an aromatic ring is 1. The first-order valence-corrected chi connectivity index (χ1v) is 5.54. The molecule has 3 aromatic rings. The molecule has 0 aliphatic heterocycles. The van der Waals surface area contributed by atoms with Gasteiger partial charge in [-0.25, -0.2) is 4.39 Å². The molecule has 1 aromatic carbocycles. The molecule has 0 bridgehead atoms. The van der Waals surface area contributed by atoms with E-state index >= 15 is 0 Å². The summed E-state index contributed by atoms with van der Waals surface area (Å²) in [6.45, 7) is 0. The zero-order valence-corrected chi connectivity index (χ0v) is 9.01. The monoisotopic (exact) mass is 233 g/mol. The number of anilines is 1. The molecule has 5 heteroatoms. The van der Waals surface area contributed by atoms with Crippen molar-refractivity contribution in [2.24, 2.45) is 0 Å². The summed E-state index contributed by atoms with van der Waals surface area (Å²) >= 11 is 1.51. The molecule has 0 aliphatic rings. The van der Waals surface area contributed by atoms with Gasteiger partial charge in [-0.3, -0.25) is 5.10 Å². The number of thiophene rings is 1. The third-order valence-corrected chi connectivity index (χ3v) is 3.48. The first kappa shape index (κ1) is 9.35. The maximum atomic E-state index is 13.0. The Morgan fingerprint density at radius 1 is 1.25 bits per heavy atom. The molecule has 0 unspecified atom stereocenters. The Bertz CT molecular complexity index is 656. The third kappa shape index (κ3) is 1.45. The quantitative estimate of drug-likeness (QED) is 0.678. The zero-order valence-electron chi connectivity index (χ0n) is 8.20. The highest BCUT2D eigenvalue weighted by Crippen LogP contribution is 2.33. The molecule has 2 heterocycles. The van der Waals surface area contributed by atoms with Gasteiger partial charge in [0.15, 0.2) is 0 Å². The number of aromatic nitrogens is 2. The lowest BCUT2D eigenvalue weighted by Crippen LogP contribution is -1.81. The Morgan fingerprint density at radius 3 is 2.88 bits per heavy atom. The van der Waals surface area contributed by atoms with E-state index in [2.05, 4.69) is 10.2 Å². The molecule has 0 radical (unpaired) electrons. The number of nitrogens with one attached hydrogen (secondary N) is 1. The van der Waals surface area contributed by atoms with Crippen LogP contribution >= 0.6 is 11.3 Å². The molecule has 16 heavy (non-hydrogen) atoms. The fraction of sp³-hybridized carbons (Fsp3) is 0. The first-order chi connectivity index (χ1) is 7.72. The van der Waals surface area contributed by atoms with E-state index in [4.69, 9.17) is 5.73 Å². The van der Waals surface area contributed by atoms with E-state index in [1.54, 1.807) is 12.1 Å². The second kappa shape index (κ2) is 3.31. The van der Waals surface area contributed by atoms with E-state index in [0.29, 0.717) is 5.82 Å². The Hall–Kier alpha value is -1.88. The van der Waals surface area contributed by atoms with Gasteiger partial charge in [-0.05, 0) is 23.6 Å². The van der Waals surface area contributed by atoms with E-state index in [9.17, 15) is 4.39 Å². The fourth-order valence-electron chi connectivity index (χ4n) is 1.60. The number of nitrogens with two attached hydrogens (primary N) is 1. The second-order valence-corrected chi connectivity index (χ2v) is 4.58. The molecule has 0 aliphatic carbocycles. The average molecular weight is 233 g/mol. The molecule has 80 valence electrons. The number of aromatic amines is 1. The minimum atomic E-state index is -0.218. The van der Waals surface area contributed by atoms with Crippen LogP contribution in [0.15, 0.2) is 30.3 Å². The Balaban J connectivity index is 2.18. The lowest BCUT2D eigenvalue weighted by atomic mass is 10.2. The van der Waals surface area contributed by atoms with E-state index in [-0.39, 0.29) is 5.82 Å². The van der Waals surface area contributed by atoms with Crippen LogP contribution in [0.3, 0.4) is 0 Å². The van der Waals surface area contributed by atoms with Gasteiger partial charge in [0.05, 0.1) is 10.6 Å². The number of benzene rings is 1. The van der Waals surface area contributed by atoms with Gasteiger partial charge in [-0.2, -0.15) is 5.10 Å². The molecule has 3 nitrogen and oxygen atoms in total. The van der Waals surface area contributed by atoms with Crippen molar-refractivity contribution < 1.29 is 4.39 Å². The highest BCUT2D eigenvalue weighted by molar-refractivity contribution is 7.22. The molecule has 0 saturated heterocycles. The lowest BCUT2D eigenvalue weighted by Gasteiger charge is -1.87. The predicted octanol–water partition coefficient (Wildman–Crippen LogP) is 3.01. The molecule has 0 saturated carbocycles. The Kier molecular flexibility index (Phi) is 1.94. The van der Waals surface area contributed by atoms with Crippen molar-refractivity contribution in [3.63, 3.8) is 0 Å². The summed E-state index contributed by atoms with van der Waals surface area (Å²) in [4.78, 5) is 1.00. The van der Waals surface area contributed by atoms with Gasteiger partial charge < -0.3 is 5.73 Å². The number of H-pyrrole nitrogens is 1. The van der Waals surface area contributed by atoms with Crippen LogP contribution in [-0.4, -0.2) is 10.2 Å². The molecular weight excluding hydrogens is 225 g/mol. The minimum Gasteiger partial charge on any atom is -0.382 e. The summed E-state index contributed by atoms with van der Waals surface area (Å²) in [6.07, 6.45) is 0. The van der Waals surface area contributed by atoms with E-state index in [0.717, 1.165) is 20.7 Å². The van der Waals surface area contributed by atoms with Crippen molar-refractivity contribution >= 4 is 27.2 Å². The summed E-state index contributed by atoms with van der Waals surface area (Å²) < 4.78 is 13.9. The summed E-state index contributed by atoms with van der Waals surface area (Å²) in [5.74, 6) is 0.240. The number of hydrogen-bond donors (Lipinski definition) is 2. The Morgan fingerprint density at radius 2 is 2.12 bits per heavy atom. The molecule has 0 atom stereocenters. The standard InChI is InChI=1S/C11H8FN3S/c12-7-2-1-6-3-10(16-9(6)4-7)8-5-11(13)15-14-8/h1-5H,(H3,13,14,15).